The van der Waals surface area contributed by atoms with Crippen LogP contribution in [0.15, 0.2) is 54.6 Å². The van der Waals surface area contributed by atoms with Crippen LogP contribution in [0, 0.1) is 0 Å². The lowest BCUT2D eigenvalue weighted by Gasteiger charge is -2.16. The van der Waals surface area contributed by atoms with Crippen molar-refractivity contribution >= 4 is 17.3 Å². The van der Waals surface area contributed by atoms with Crippen molar-refractivity contribution in [2.24, 2.45) is 0 Å². The number of nitrogens with one attached hydrogen (secondary N) is 1. The minimum absolute atomic E-state index is 0.251. The van der Waals surface area contributed by atoms with Gasteiger partial charge in [-0.25, -0.2) is 0 Å². The summed E-state index contributed by atoms with van der Waals surface area (Å²) in [5.74, 6) is 0. The molecule has 0 unspecified atom stereocenters. The van der Waals surface area contributed by atoms with Gasteiger partial charge in [-0.15, -0.1) is 0 Å². The predicted octanol–water partition coefficient (Wildman–Crippen LogP) is 4.51. The molecule has 0 aliphatic rings. The molecule has 2 rings (SSSR count). The van der Waals surface area contributed by atoms with Crippen molar-refractivity contribution < 1.29 is 0 Å². The highest BCUT2D eigenvalue weighted by molar-refractivity contribution is 6.33. The molecule has 0 radical (unpaired) electrons. The number of para-hydroxylation sites is 1. The van der Waals surface area contributed by atoms with Gasteiger partial charge in [-0.05, 0) is 24.6 Å². The molecule has 1 atom stereocenters. The second-order valence-corrected chi connectivity index (χ2v) is 4.16. The van der Waals surface area contributed by atoms with E-state index in [1.54, 1.807) is 0 Å². The number of rotatable bonds is 3. The van der Waals surface area contributed by atoms with Gasteiger partial charge in [-0.2, -0.15) is 0 Å². The first-order chi connectivity index (χ1) is 7.77. The molecular formula is C14H14ClN. The molecule has 0 amide bonds. The van der Waals surface area contributed by atoms with Crippen LogP contribution in [0.2, 0.25) is 5.02 Å². The molecule has 2 heteroatoms. The largest absolute Gasteiger partial charge is 0.377 e. The number of benzene rings is 2. The highest BCUT2D eigenvalue weighted by Gasteiger charge is 2.05. The van der Waals surface area contributed by atoms with Crippen molar-refractivity contribution in [3.05, 3.63) is 65.2 Å². The average Bonchev–Trinajstić information content (AvgIpc) is 2.33. The fourth-order valence-corrected chi connectivity index (χ4v) is 1.83. The molecule has 0 saturated carbocycles. The van der Waals surface area contributed by atoms with Crippen molar-refractivity contribution in [2.45, 2.75) is 13.0 Å². The van der Waals surface area contributed by atoms with E-state index in [1.807, 2.05) is 42.5 Å². The Kier molecular flexibility index (Phi) is 3.47. The van der Waals surface area contributed by atoms with Crippen LogP contribution >= 0.6 is 11.6 Å². The van der Waals surface area contributed by atoms with Crippen LogP contribution in [0.5, 0.6) is 0 Å². The summed E-state index contributed by atoms with van der Waals surface area (Å²) in [5.41, 5.74) is 2.22. The maximum absolute atomic E-state index is 6.09. The monoisotopic (exact) mass is 231 g/mol. The van der Waals surface area contributed by atoms with Gasteiger partial charge >= 0.3 is 0 Å². The molecule has 0 bridgehead atoms. The third-order valence-corrected chi connectivity index (χ3v) is 2.88. The minimum atomic E-state index is 0.251. The van der Waals surface area contributed by atoms with Gasteiger partial charge in [0.2, 0.25) is 0 Å². The summed E-state index contributed by atoms with van der Waals surface area (Å²) in [5, 5.41) is 4.15. The molecule has 2 aromatic rings. The Bertz CT molecular complexity index is 453. The standard InChI is InChI=1S/C14H14ClN/c1-11(12-7-3-2-4-8-12)16-14-10-6-5-9-13(14)15/h2-11,16H,1H3/t11-/m0/s1. The summed E-state index contributed by atoms with van der Waals surface area (Å²) < 4.78 is 0. The van der Waals surface area contributed by atoms with Crippen LogP contribution in [0.4, 0.5) is 5.69 Å². The van der Waals surface area contributed by atoms with Crippen LogP contribution in [0.3, 0.4) is 0 Å². The van der Waals surface area contributed by atoms with Crippen LogP contribution in [0.25, 0.3) is 0 Å². The summed E-state index contributed by atoms with van der Waals surface area (Å²) in [7, 11) is 0. The number of hydrogen-bond acceptors (Lipinski definition) is 1. The van der Waals surface area contributed by atoms with E-state index in [-0.39, 0.29) is 6.04 Å². The van der Waals surface area contributed by atoms with E-state index in [0.717, 1.165) is 10.7 Å². The fraction of sp³-hybridized carbons (Fsp3) is 0.143. The van der Waals surface area contributed by atoms with Gasteiger partial charge in [0, 0.05) is 6.04 Å². The molecule has 2 aromatic carbocycles. The van der Waals surface area contributed by atoms with Crippen LogP contribution in [-0.4, -0.2) is 0 Å². The lowest BCUT2D eigenvalue weighted by molar-refractivity contribution is 0.885. The molecule has 82 valence electrons. The van der Waals surface area contributed by atoms with Gasteiger partial charge in [0.25, 0.3) is 0 Å². The number of hydrogen-bond donors (Lipinski definition) is 1. The maximum atomic E-state index is 6.09. The second kappa shape index (κ2) is 5.04. The summed E-state index contributed by atoms with van der Waals surface area (Å²) in [4.78, 5) is 0. The zero-order chi connectivity index (χ0) is 11.4. The zero-order valence-corrected chi connectivity index (χ0v) is 9.91. The summed E-state index contributed by atoms with van der Waals surface area (Å²) in [6.45, 7) is 2.12. The summed E-state index contributed by atoms with van der Waals surface area (Å²) in [6.07, 6.45) is 0. The zero-order valence-electron chi connectivity index (χ0n) is 9.15. The van der Waals surface area contributed by atoms with Crippen molar-refractivity contribution in [1.82, 2.24) is 0 Å². The normalized spacial score (nSPS) is 12.1. The van der Waals surface area contributed by atoms with Gasteiger partial charge < -0.3 is 5.32 Å². The van der Waals surface area contributed by atoms with Gasteiger partial charge in [0.15, 0.2) is 0 Å². The Morgan fingerprint density at radius 3 is 2.25 bits per heavy atom. The first-order valence-corrected chi connectivity index (χ1v) is 5.71. The molecule has 16 heavy (non-hydrogen) atoms. The van der Waals surface area contributed by atoms with Crippen molar-refractivity contribution in [1.29, 1.82) is 0 Å². The Morgan fingerprint density at radius 1 is 0.938 bits per heavy atom. The van der Waals surface area contributed by atoms with E-state index in [2.05, 4.69) is 24.4 Å². The molecule has 0 aliphatic heterocycles. The number of anilines is 1. The molecule has 0 saturated heterocycles. The smallest absolute Gasteiger partial charge is 0.0637 e. The van der Waals surface area contributed by atoms with E-state index in [9.17, 15) is 0 Å². The molecule has 1 N–H and O–H groups in total. The Morgan fingerprint density at radius 2 is 1.56 bits per heavy atom. The fourth-order valence-electron chi connectivity index (χ4n) is 1.64. The summed E-state index contributed by atoms with van der Waals surface area (Å²) >= 11 is 6.09. The van der Waals surface area contributed by atoms with Crippen molar-refractivity contribution in [3.8, 4) is 0 Å². The molecule has 0 fully saturated rings. The van der Waals surface area contributed by atoms with Crippen LogP contribution < -0.4 is 5.32 Å². The molecule has 0 aromatic heterocycles. The van der Waals surface area contributed by atoms with Gasteiger partial charge in [-0.1, -0.05) is 54.1 Å². The minimum Gasteiger partial charge on any atom is -0.377 e. The van der Waals surface area contributed by atoms with E-state index >= 15 is 0 Å². The topological polar surface area (TPSA) is 12.0 Å². The molecule has 0 aliphatic carbocycles. The Labute approximate surface area is 101 Å². The van der Waals surface area contributed by atoms with Gasteiger partial charge in [-0.3, -0.25) is 0 Å². The summed E-state index contributed by atoms with van der Waals surface area (Å²) in [6, 6.07) is 18.4. The van der Waals surface area contributed by atoms with E-state index in [4.69, 9.17) is 11.6 Å². The number of halogens is 1. The van der Waals surface area contributed by atoms with E-state index in [1.165, 1.54) is 5.56 Å². The Balaban J connectivity index is 2.14. The first-order valence-electron chi connectivity index (χ1n) is 5.33. The highest BCUT2D eigenvalue weighted by atomic mass is 35.5. The van der Waals surface area contributed by atoms with Gasteiger partial charge in [0.1, 0.15) is 0 Å². The lowest BCUT2D eigenvalue weighted by atomic mass is 10.1. The van der Waals surface area contributed by atoms with E-state index < -0.39 is 0 Å². The average molecular weight is 232 g/mol. The van der Waals surface area contributed by atoms with Crippen LogP contribution in [-0.2, 0) is 0 Å². The van der Waals surface area contributed by atoms with Gasteiger partial charge in [0.05, 0.1) is 10.7 Å². The molecule has 1 nitrogen and oxygen atoms in total. The van der Waals surface area contributed by atoms with Crippen LogP contribution in [0.1, 0.15) is 18.5 Å². The lowest BCUT2D eigenvalue weighted by Crippen LogP contribution is -2.06. The molecular weight excluding hydrogens is 218 g/mol. The SMILES string of the molecule is C[C@H](Nc1ccccc1Cl)c1ccccc1. The third kappa shape index (κ3) is 2.56. The quantitative estimate of drug-likeness (QED) is 0.820. The van der Waals surface area contributed by atoms with Crippen molar-refractivity contribution in [2.75, 3.05) is 5.32 Å². The van der Waals surface area contributed by atoms with E-state index in [0.29, 0.717) is 0 Å². The molecule has 0 heterocycles. The third-order valence-electron chi connectivity index (χ3n) is 2.55. The second-order valence-electron chi connectivity index (χ2n) is 3.76. The predicted molar refractivity (Wildman–Crippen MR) is 69.9 cm³/mol. The van der Waals surface area contributed by atoms with Crippen molar-refractivity contribution in [3.63, 3.8) is 0 Å². The highest BCUT2D eigenvalue weighted by Crippen LogP contribution is 2.25. The Hall–Kier alpha value is -1.47. The maximum Gasteiger partial charge on any atom is 0.0637 e. The first kappa shape index (κ1) is 11.0. The molecule has 0 spiro atoms.